The van der Waals surface area contributed by atoms with Gasteiger partial charge in [-0.25, -0.2) is 0 Å². The van der Waals surface area contributed by atoms with Crippen LogP contribution in [0.3, 0.4) is 0 Å². The van der Waals surface area contributed by atoms with Crippen molar-refractivity contribution in [1.82, 2.24) is 15.1 Å². The van der Waals surface area contributed by atoms with E-state index in [9.17, 15) is 26.3 Å². The normalized spacial score (nSPS) is 12.4. The molecule has 0 N–H and O–H groups in total. The lowest BCUT2D eigenvalue weighted by atomic mass is 10.1. The second kappa shape index (κ2) is 6.27. The van der Waals surface area contributed by atoms with Crippen LogP contribution >= 0.6 is 11.6 Å². The minimum atomic E-state index is -4.63. The summed E-state index contributed by atoms with van der Waals surface area (Å²) in [7, 11) is 0. The van der Waals surface area contributed by atoms with Crippen molar-refractivity contribution in [3.63, 3.8) is 0 Å². The van der Waals surface area contributed by atoms with E-state index in [1.54, 1.807) is 0 Å². The van der Waals surface area contributed by atoms with Crippen LogP contribution in [0.5, 0.6) is 0 Å². The van der Waals surface area contributed by atoms with Gasteiger partial charge in [-0.3, -0.25) is 4.98 Å². The highest BCUT2D eigenvalue weighted by Gasteiger charge is 2.32. The van der Waals surface area contributed by atoms with E-state index >= 15 is 0 Å². The first-order valence-corrected chi connectivity index (χ1v) is 7.18. The van der Waals surface area contributed by atoms with Crippen molar-refractivity contribution in [1.29, 1.82) is 0 Å². The molecular formula is C15H6ClF6N3O. The second-order valence-electron chi connectivity index (χ2n) is 5.05. The Labute approximate surface area is 146 Å². The number of hydrogen-bond donors (Lipinski definition) is 0. The summed E-state index contributed by atoms with van der Waals surface area (Å²) in [5.41, 5.74) is -2.18. The molecule has 3 rings (SSSR count). The molecule has 0 aliphatic rings. The highest BCUT2D eigenvalue weighted by atomic mass is 35.5. The van der Waals surface area contributed by atoms with Crippen LogP contribution in [-0.2, 0) is 12.4 Å². The first kappa shape index (κ1) is 18.2. The minimum Gasteiger partial charge on any atom is -0.334 e. The lowest BCUT2D eigenvalue weighted by Crippen LogP contribution is -2.06. The molecule has 0 unspecified atom stereocenters. The number of aromatic nitrogens is 3. The number of benzene rings is 1. The predicted molar refractivity (Wildman–Crippen MR) is 78.0 cm³/mol. The lowest BCUT2D eigenvalue weighted by Gasteiger charge is -2.07. The zero-order chi connectivity index (χ0) is 19.1. The Bertz CT molecular complexity index is 951. The molecule has 11 heteroatoms. The van der Waals surface area contributed by atoms with E-state index < -0.39 is 23.5 Å². The summed E-state index contributed by atoms with van der Waals surface area (Å²) < 4.78 is 81.0. The van der Waals surface area contributed by atoms with Crippen LogP contribution in [0.1, 0.15) is 11.1 Å². The van der Waals surface area contributed by atoms with Crippen LogP contribution in [-0.4, -0.2) is 15.1 Å². The number of nitrogens with zero attached hydrogens (tertiary/aromatic N) is 3. The summed E-state index contributed by atoms with van der Waals surface area (Å²) in [5, 5.41) is 3.13. The molecule has 0 amide bonds. The van der Waals surface area contributed by atoms with Gasteiger partial charge in [-0.1, -0.05) is 22.8 Å². The van der Waals surface area contributed by atoms with E-state index in [-0.39, 0.29) is 28.0 Å². The number of alkyl halides is 6. The molecule has 0 atom stereocenters. The molecule has 26 heavy (non-hydrogen) atoms. The van der Waals surface area contributed by atoms with E-state index in [0.29, 0.717) is 12.3 Å². The molecule has 1 aromatic carbocycles. The second-order valence-corrected chi connectivity index (χ2v) is 5.46. The summed E-state index contributed by atoms with van der Waals surface area (Å²) >= 11 is 5.78. The molecule has 0 aliphatic heterocycles. The van der Waals surface area contributed by atoms with Gasteiger partial charge in [-0.15, -0.1) is 0 Å². The summed E-state index contributed by atoms with van der Waals surface area (Å²) in [5.74, 6) is -0.514. The first-order chi connectivity index (χ1) is 12.1. The van der Waals surface area contributed by atoms with Crippen molar-refractivity contribution in [2.24, 2.45) is 0 Å². The monoisotopic (exact) mass is 393 g/mol. The fourth-order valence-corrected chi connectivity index (χ4v) is 2.27. The van der Waals surface area contributed by atoms with Gasteiger partial charge in [0.1, 0.15) is 5.69 Å². The molecule has 4 nitrogen and oxygen atoms in total. The van der Waals surface area contributed by atoms with Crippen LogP contribution in [0.15, 0.2) is 41.1 Å². The Balaban J connectivity index is 1.96. The Kier molecular flexibility index (Phi) is 4.39. The van der Waals surface area contributed by atoms with E-state index in [0.717, 1.165) is 18.2 Å². The van der Waals surface area contributed by atoms with Gasteiger partial charge in [-0.05, 0) is 24.3 Å². The molecule has 0 spiro atoms. The molecule has 0 radical (unpaired) electrons. The number of halogens is 7. The van der Waals surface area contributed by atoms with Crippen LogP contribution in [0, 0.1) is 0 Å². The Morgan fingerprint density at radius 1 is 0.923 bits per heavy atom. The molecule has 0 saturated heterocycles. The number of hydrogen-bond acceptors (Lipinski definition) is 4. The van der Waals surface area contributed by atoms with Crippen molar-refractivity contribution in [2.45, 2.75) is 12.4 Å². The Morgan fingerprint density at radius 2 is 1.62 bits per heavy atom. The Hall–Kier alpha value is -2.62. The van der Waals surface area contributed by atoms with Crippen molar-refractivity contribution >= 4 is 11.6 Å². The average Bonchev–Trinajstić information content (AvgIpc) is 3.03. The summed E-state index contributed by atoms with van der Waals surface area (Å²) in [6.45, 7) is 0. The minimum absolute atomic E-state index is 0.0124. The summed E-state index contributed by atoms with van der Waals surface area (Å²) in [6, 6.07) is 4.79. The van der Waals surface area contributed by atoms with Gasteiger partial charge in [0.15, 0.2) is 0 Å². The van der Waals surface area contributed by atoms with Gasteiger partial charge >= 0.3 is 12.4 Å². The maximum absolute atomic E-state index is 12.8. The number of rotatable bonds is 2. The van der Waals surface area contributed by atoms with E-state index in [4.69, 9.17) is 16.1 Å². The van der Waals surface area contributed by atoms with Crippen molar-refractivity contribution < 1.29 is 30.9 Å². The van der Waals surface area contributed by atoms with E-state index in [2.05, 4.69) is 15.1 Å². The van der Waals surface area contributed by atoms with Gasteiger partial charge < -0.3 is 4.52 Å². The zero-order valence-electron chi connectivity index (χ0n) is 12.4. The third-order valence-corrected chi connectivity index (χ3v) is 3.53. The van der Waals surface area contributed by atoms with Gasteiger partial charge in [-0.2, -0.15) is 31.3 Å². The quantitative estimate of drug-likeness (QED) is 0.540. The zero-order valence-corrected chi connectivity index (χ0v) is 13.1. The molecule has 2 heterocycles. The van der Waals surface area contributed by atoms with Gasteiger partial charge in [0.2, 0.25) is 5.82 Å². The van der Waals surface area contributed by atoms with Crippen LogP contribution in [0.4, 0.5) is 26.3 Å². The third kappa shape index (κ3) is 3.64. The fraction of sp³-hybridized carbons (Fsp3) is 0.133. The van der Waals surface area contributed by atoms with Crippen LogP contribution in [0.25, 0.3) is 23.0 Å². The molecule has 0 saturated carbocycles. The maximum atomic E-state index is 12.8. The molecule has 0 fully saturated rings. The van der Waals surface area contributed by atoms with Gasteiger partial charge in [0.05, 0.1) is 16.1 Å². The topological polar surface area (TPSA) is 51.8 Å². The summed E-state index contributed by atoms with van der Waals surface area (Å²) in [4.78, 5) is 7.42. The maximum Gasteiger partial charge on any atom is 0.417 e. The predicted octanol–water partition coefficient (Wildman–Crippen LogP) is 5.49. The lowest BCUT2D eigenvalue weighted by molar-refractivity contribution is -0.138. The molecule has 0 bridgehead atoms. The van der Waals surface area contributed by atoms with E-state index in [1.807, 2.05) is 0 Å². The standard InChI is InChI=1S/C15H6ClF6N3O/c16-10-5-9(15(20,21)22)6-23-11(10)12-24-13(26-25-12)7-2-1-3-8(4-7)14(17,18)19/h1-6H. The molecular weight excluding hydrogens is 388 g/mol. The first-order valence-electron chi connectivity index (χ1n) is 6.80. The third-order valence-electron chi connectivity index (χ3n) is 3.24. The average molecular weight is 394 g/mol. The van der Waals surface area contributed by atoms with Crippen molar-refractivity contribution in [3.05, 3.63) is 52.7 Å². The SMILES string of the molecule is FC(F)(F)c1cccc(-c2nc(-c3ncc(C(F)(F)F)cc3Cl)no2)c1. The van der Waals surface area contributed by atoms with Crippen molar-refractivity contribution in [2.75, 3.05) is 0 Å². The largest absolute Gasteiger partial charge is 0.417 e. The highest BCUT2D eigenvalue weighted by Crippen LogP contribution is 2.35. The van der Waals surface area contributed by atoms with Crippen LogP contribution < -0.4 is 0 Å². The molecule has 2 aromatic heterocycles. The van der Waals surface area contributed by atoms with Crippen molar-refractivity contribution in [3.8, 4) is 23.0 Å². The number of pyridine rings is 1. The molecule has 3 aromatic rings. The fourth-order valence-electron chi connectivity index (χ4n) is 2.02. The van der Waals surface area contributed by atoms with Gasteiger partial charge in [0, 0.05) is 11.8 Å². The highest BCUT2D eigenvalue weighted by molar-refractivity contribution is 6.32. The van der Waals surface area contributed by atoms with Crippen LogP contribution in [0.2, 0.25) is 5.02 Å². The molecule has 136 valence electrons. The summed E-state index contributed by atoms with van der Waals surface area (Å²) in [6.07, 6.45) is -8.64. The Morgan fingerprint density at radius 3 is 2.23 bits per heavy atom. The smallest absolute Gasteiger partial charge is 0.334 e. The van der Waals surface area contributed by atoms with Gasteiger partial charge in [0.25, 0.3) is 5.89 Å². The molecule has 0 aliphatic carbocycles. The van der Waals surface area contributed by atoms with E-state index in [1.165, 1.54) is 6.07 Å².